The van der Waals surface area contributed by atoms with Gasteiger partial charge in [-0.2, -0.15) is 0 Å². The van der Waals surface area contributed by atoms with Gasteiger partial charge in [-0.15, -0.1) is 0 Å². The SMILES string of the molecule is Oc1cccc(C2CN(C3Cc4ccccc4C3O)CCO2)c1. The molecule has 0 bridgehead atoms. The first-order valence-electron chi connectivity index (χ1n) is 8.13. The quantitative estimate of drug-likeness (QED) is 0.894. The van der Waals surface area contributed by atoms with E-state index in [9.17, 15) is 10.2 Å². The molecule has 0 amide bonds. The first-order chi connectivity index (χ1) is 11.2. The highest BCUT2D eigenvalue weighted by Gasteiger charge is 2.37. The Balaban J connectivity index is 1.52. The summed E-state index contributed by atoms with van der Waals surface area (Å²) in [6.45, 7) is 2.20. The van der Waals surface area contributed by atoms with Gasteiger partial charge in [-0.3, -0.25) is 4.90 Å². The van der Waals surface area contributed by atoms with Crippen LogP contribution in [-0.2, 0) is 11.2 Å². The molecule has 2 aromatic rings. The zero-order chi connectivity index (χ0) is 15.8. The van der Waals surface area contributed by atoms with E-state index in [0.29, 0.717) is 6.61 Å². The standard InChI is InChI=1S/C19H21NO3/c21-15-6-3-5-14(10-15)18-12-20(8-9-23-18)17-11-13-4-1-2-7-16(13)19(17)22/h1-7,10,17-19,21-22H,8-9,11-12H2. The van der Waals surface area contributed by atoms with Gasteiger partial charge in [0.05, 0.1) is 18.8 Å². The van der Waals surface area contributed by atoms with Crippen molar-refractivity contribution < 1.29 is 14.9 Å². The van der Waals surface area contributed by atoms with Crippen LogP contribution in [0.1, 0.15) is 28.9 Å². The van der Waals surface area contributed by atoms with Crippen molar-refractivity contribution in [1.82, 2.24) is 4.90 Å². The Morgan fingerprint density at radius 2 is 1.96 bits per heavy atom. The maximum absolute atomic E-state index is 10.7. The van der Waals surface area contributed by atoms with E-state index in [2.05, 4.69) is 11.0 Å². The number of benzene rings is 2. The van der Waals surface area contributed by atoms with E-state index in [4.69, 9.17) is 4.74 Å². The normalized spacial score (nSPS) is 27.8. The van der Waals surface area contributed by atoms with Crippen LogP contribution in [0.2, 0.25) is 0 Å². The van der Waals surface area contributed by atoms with Crippen molar-refractivity contribution in [3.05, 3.63) is 65.2 Å². The Kier molecular flexibility index (Phi) is 3.81. The minimum absolute atomic E-state index is 0.0632. The molecular formula is C19H21NO3. The molecule has 0 radical (unpaired) electrons. The van der Waals surface area contributed by atoms with Gasteiger partial charge in [-0.05, 0) is 35.2 Å². The fraction of sp³-hybridized carbons (Fsp3) is 0.368. The van der Waals surface area contributed by atoms with Crippen LogP contribution in [0, 0.1) is 0 Å². The highest BCUT2D eigenvalue weighted by Crippen LogP contribution is 2.36. The predicted octanol–water partition coefficient (Wildman–Crippen LogP) is 2.42. The van der Waals surface area contributed by atoms with E-state index in [1.54, 1.807) is 12.1 Å². The number of aliphatic hydroxyl groups is 1. The number of fused-ring (bicyclic) bond motifs is 1. The van der Waals surface area contributed by atoms with Crippen molar-refractivity contribution in [2.75, 3.05) is 19.7 Å². The summed E-state index contributed by atoms with van der Waals surface area (Å²) in [7, 11) is 0. The molecule has 120 valence electrons. The van der Waals surface area contributed by atoms with Gasteiger partial charge in [0, 0.05) is 19.1 Å². The lowest BCUT2D eigenvalue weighted by Gasteiger charge is -2.38. The van der Waals surface area contributed by atoms with E-state index in [0.717, 1.165) is 30.6 Å². The maximum atomic E-state index is 10.7. The van der Waals surface area contributed by atoms with Crippen LogP contribution >= 0.6 is 0 Å². The molecule has 0 spiro atoms. The van der Waals surface area contributed by atoms with Gasteiger partial charge in [0.1, 0.15) is 5.75 Å². The van der Waals surface area contributed by atoms with Gasteiger partial charge < -0.3 is 14.9 Å². The molecule has 2 aromatic carbocycles. The average molecular weight is 311 g/mol. The average Bonchev–Trinajstić information content (AvgIpc) is 2.92. The summed E-state index contributed by atoms with van der Waals surface area (Å²) < 4.78 is 5.89. The molecule has 4 heteroatoms. The molecule has 1 aliphatic heterocycles. The number of rotatable bonds is 2. The van der Waals surface area contributed by atoms with Crippen LogP contribution in [0.4, 0.5) is 0 Å². The number of phenols is 1. The van der Waals surface area contributed by atoms with Crippen LogP contribution in [0.3, 0.4) is 0 Å². The molecule has 1 aliphatic carbocycles. The third-order valence-electron chi connectivity index (χ3n) is 4.98. The minimum Gasteiger partial charge on any atom is -0.508 e. The van der Waals surface area contributed by atoms with Gasteiger partial charge in [-0.25, -0.2) is 0 Å². The van der Waals surface area contributed by atoms with Gasteiger partial charge in [0.15, 0.2) is 0 Å². The molecule has 3 unspecified atom stereocenters. The second kappa shape index (κ2) is 5.96. The lowest BCUT2D eigenvalue weighted by atomic mass is 10.0. The smallest absolute Gasteiger partial charge is 0.115 e. The van der Waals surface area contributed by atoms with E-state index >= 15 is 0 Å². The number of hydrogen-bond acceptors (Lipinski definition) is 4. The number of aliphatic hydroxyl groups excluding tert-OH is 1. The van der Waals surface area contributed by atoms with E-state index in [1.165, 1.54) is 5.56 Å². The number of hydrogen-bond donors (Lipinski definition) is 2. The van der Waals surface area contributed by atoms with Crippen molar-refractivity contribution in [2.45, 2.75) is 24.7 Å². The number of ether oxygens (including phenoxy) is 1. The zero-order valence-electron chi connectivity index (χ0n) is 12.9. The summed E-state index contributed by atoms with van der Waals surface area (Å²) in [4.78, 5) is 2.32. The minimum atomic E-state index is -0.436. The third kappa shape index (κ3) is 2.74. The Bertz CT molecular complexity index is 703. The van der Waals surface area contributed by atoms with E-state index < -0.39 is 6.10 Å². The number of phenolic OH excluding ortho intramolecular Hbond substituents is 1. The molecule has 3 atom stereocenters. The first-order valence-corrected chi connectivity index (χ1v) is 8.13. The van der Waals surface area contributed by atoms with Gasteiger partial charge in [-0.1, -0.05) is 36.4 Å². The lowest BCUT2D eigenvalue weighted by molar-refractivity contribution is -0.0633. The summed E-state index contributed by atoms with van der Waals surface area (Å²) in [5, 5.41) is 20.3. The summed E-state index contributed by atoms with van der Waals surface area (Å²) in [5.41, 5.74) is 3.28. The molecule has 2 aliphatic rings. The molecular weight excluding hydrogens is 290 g/mol. The van der Waals surface area contributed by atoms with Crippen LogP contribution in [0.25, 0.3) is 0 Å². The van der Waals surface area contributed by atoms with E-state index in [1.807, 2.05) is 30.3 Å². The highest BCUT2D eigenvalue weighted by molar-refractivity contribution is 5.36. The Hall–Kier alpha value is -1.88. The van der Waals surface area contributed by atoms with Gasteiger partial charge in [0.2, 0.25) is 0 Å². The van der Waals surface area contributed by atoms with Gasteiger partial charge >= 0.3 is 0 Å². The van der Waals surface area contributed by atoms with Gasteiger partial charge in [0.25, 0.3) is 0 Å². The van der Waals surface area contributed by atoms with Crippen molar-refractivity contribution >= 4 is 0 Å². The fourth-order valence-corrected chi connectivity index (χ4v) is 3.78. The lowest BCUT2D eigenvalue weighted by Crippen LogP contribution is -2.46. The van der Waals surface area contributed by atoms with Crippen LogP contribution in [-0.4, -0.2) is 40.9 Å². The summed E-state index contributed by atoms with van der Waals surface area (Å²) in [5.74, 6) is 0.261. The zero-order valence-corrected chi connectivity index (χ0v) is 12.9. The molecule has 0 saturated carbocycles. The summed E-state index contributed by atoms with van der Waals surface area (Å²) in [6, 6.07) is 15.5. The second-order valence-corrected chi connectivity index (χ2v) is 6.36. The molecule has 2 N–H and O–H groups in total. The van der Waals surface area contributed by atoms with Crippen molar-refractivity contribution in [3.8, 4) is 5.75 Å². The van der Waals surface area contributed by atoms with Crippen LogP contribution < -0.4 is 0 Å². The third-order valence-corrected chi connectivity index (χ3v) is 4.98. The molecule has 23 heavy (non-hydrogen) atoms. The van der Waals surface area contributed by atoms with Crippen LogP contribution in [0.5, 0.6) is 5.75 Å². The number of aromatic hydroxyl groups is 1. The monoisotopic (exact) mass is 311 g/mol. The molecule has 4 nitrogen and oxygen atoms in total. The largest absolute Gasteiger partial charge is 0.508 e. The second-order valence-electron chi connectivity index (χ2n) is 6.36. The molecule has 1 saturated heterocycles. The molecule has 1 heterocycles. The van der Waals surface area contributed by atoms with E-state index in [-0.39, 0.29) is 17.9 Å². The number of nitrogens with zero attached hydrogens (tertiary/aromatic N) is 1. The Morgan fingerprint density at radius 1 is 1.09 bits per heavy atom. The van der Waals surface area contributed by atoms with Crippen molar-refractivity contribution in [3.63, 3.8) is 0 Å². The molecule has 1 fully saturated rings. The molecule has 4 rings (SSSR count). The van der Waals surface area contributed by atoms with Crippen molar-refractivity contribution in [2.24, 2.45) is 0 Å². The first kappa shape index (κ1) is 14.7. The summed E-state index contributed by atoms with van der Waals surface area (Å²) >= 11 is 0. The van der Waals surface area contributed by atoms with Crippen molar-refractivity contribution in [1.29, 1.82) is 0 Å². The van der Waals surface area contributed by atoms with Crippen LogP contribution in [0.15, 0.2) is 48.5 Å². The number of morpholine rings is 1. The Labute approximate surface area is 135 Å². The maximum Gasteiger partial charge on any atom is 0.115 e. The summed E-state index contributed by atoms with van der Waals surface area (Å²) in [6.07, 6.45) is 0.380. The Morgan fingerprint density at radius 3 is 2.78 bits per heavy atom. The topological polar surface area (TPSA) is 52.9 Å². The highest BCUT2D eigenvalue weighted by atomic mass is 16.5. The fourth-order valence-electron chi connectivity index (χ4n) is 3.78. The molecule has 0 aromatic heterocycles. The predicted molar refractivity (Wildman–Crippen MR) is 87.3 cm³/mol.